The Labute approximate surface area is 359 Å². The fourth-order valence-electron chi connectivity index (χ4n) is 7.36. The predicted octanol–water partition coefficient (Wildman–Crippen LogP) is 1.96. The van der Waals surface area contributed by atoms with Crippen molar-refractivity contribution in [3.63, 3.8) is 0 Å². The molecule has 6 heterocycles. The highest BCUT2D eigenvalue weighted by molar-refractivity contribution is 7.03. The van der Waals surface area contributed by atoms with Crippen molar-refractivity contribution in [1.29, 1.82) is 0 Å². The van der Waals surface area contributed by atoms with Crippen LogP contribution < -0.4 is 22.9 Å². The molecule has 6 fully saturated rings. The first kappa shape index (κ1) is 49.1. The van der Waals surface area contributed by atoms with E-state index in [1.165, 1.54) is 0 Å². The van der Waals surface area contributed by atoms with Crippen molar-refractivity contribution in [3.05, 3.63) is 19.3 Å². The van der Waals surface area contributed by atoms with E-state index in [-0.39, 0.29) is 24.2 Å². The second-order valence-electron chi connectivity index (χ2n) is 14.3. The van der Waals surface area contributed by atoms with E-state index >= 15 is 0 Å². The lowest BCUT2D eigenvalue weighted by atomic mass is 10.5. The van der Waals surface area contributed by atoms with Gasteiger partial charge in [0.05, 0.1) is 26.2 Å². The first-order chi connectivity index (χ1) is 27.0. The maximum Gasteiger partial charge on any atom is 0.479 e. The molecule has 6 rings (SSSR count). The van der Waals surface area contributed by atoms with Gasteiger partial charge in [-0.1, -0.05) is 25.7 Å². The van der Waals surface area contributed by atoms with Crippen molar-refractivity contribution < 1.29 is 72.3 Å². The molecule has 32 heteroatoms. The van der Waals surface area contributed by atoms with Crippen LogP contribution in [0.4, 0.5) is 0 Å². The summed E-state index contributed by atoms with van der Waals surface area (Å²) in [6, 6.07) is 2.42. The molecular formula is C24H60Cl4N8O12Si8. The molecule has 12 N–H and O–H groups in total. The minimum Gasteiger partial charge on any atom is -0.575 e. The summed E-state index contributed by atoms with van der Waals surface area (Å²) >= 11 is 23.7. The molecule has 0 unspecified atom stereocenters. The van der Waals surface area contributed by atoms with Crippen LogP contribution in [0.5, 0.6) is 0 Å². The average Bonchev–Trinajstić information content (AvgIpc) is 3.12. The Hall–Kier alpha value is 2.10. The van der Waals surface area contributed by atoms with Crippen LogP contribution in [0.15, 0.2) is 0 Å². The molecule has 6 aliphatic heterocycles. The third-order valence-corrected chi connectivity index (χ3v) is 47.8. The Morgan fingerprint density at radius 3 is 0.536 bits per heavy atom. The molecule has 0 saturated carbocycles. The highest BCUT2D eigenvalue weighted by Crippen LogP contribution is 2.54. The van der Waals surface area contributed by atoms with Crippen LogP contribution >= 0.6 is 47.1 Å². The van der Waals surface area contributed by atoms with Gasteiger partial charge < -0.3 is 91.7 Å². The number of quaternary nitrogens is 4. The molecule has 0 radical (unpaired) electrons. The molecule has 0 aromatic rings. The predicted molar refractivity (Wildman–Crippen MR) is 222 cm³/mol. The zero-order valence-electron chi connectivity index (χ0n) is 32.0. The second-order valence-corrected chi connectivity index (χ2v) is 40.0. The van der Waals surface area contributed by atoms with E-state index in [1.54, 1.807) is 0 Å². The normalized spacial score (nSPS) is 39.0. The van der Waals surface area contributed by atoms with Gasteiger partial charge in [-0.25, -0.2) is 0 Å². The Morgan fingerprint density at radius 2 is 0.411 bits per heavy atom. The Balaban J connectivity index is 1.87. The number of hydrogen-bond donors (Lipinski definition) is 4. The van der Waals surface area contributed by atoms with Crippen molar-refractivity contribution in [2.75, 3.05) is 52.4 Å². The SMILES string of the molecule is [NH3+]CCC[Si]12O[Si]3(CCC[NH3+])O[Si]4(CCC[NH3+])O[Si](CCC[NH3+])(O1)O[Si]1(CCC[N-]Cl)O[Si](CCC[N-]Cl)(O2)O[Si](CCC[N-]Cl)(O3)O[Si](CCC[N-]Cl)(O4)O1. The van der Waals surface area contributed by atoms with Crippen molar-refractivity contribution in [1.82, 2.24) is 0 Å². The highest BCUT2D eigenvalue weighted by atomic mass is 35.5. The van der Waals surface area contributed by atoms with E-state index in [1.807, 2.05) is 0 Å². The summed E-state index contributed by atoms with van der Waals surface area (Å²) in [4.78, 5) is 15.5. The van der Waals surface area contributed by atoms with Gasteiger partial charge in [0.1, 0.15) is 0 Å². The van der Waals surface area contributed by atoms with E-state index in [2.05, 4.69) is 42.3 Å². The number of rotatable bonds is 28. The third kappa shape index (κ3) is 12.2. The Bertz CT molecular complexity index is 1050. The van der Waals surface area contributed by atoms with Crippen LogP contribution in [0.3, 0.4) is 0 Å². The maximum atomic E-state index is 7.56. The van der Waals surface area contributed by atoms with E-state index in [0.29, 0.717) is 128 Å². The van der Waals surface area contributed by atoms with E-state index in [4.69, 9.17) is 96.5 Å². The smallest absolute Gasteiger partial charge is 0.479 e. The van der Waals surface area contributed by atoms with Gasteiger partial charge in [-0.3, -0.25) is 47.1 Å². The molecule has 328 valence electrons. The lowest BCUT2D eigenvalue weighted by Crippen LogP contribution is -2.88. The summed E-state index contributed by atoms with van der Waals surface area (Å²) in [7, 11) is -32.5. The van der Waals surface area contributed by atoms with Crippen LogP contribution in [0.25, 0.3) is 19.3 Å². The Kier molecular flexibility index (Phi) is 19.4. The number of halogens is 4. The molecule has 0 aromatic heterocycles. The van der Waals surface area contributed by atoms with Gasteiger partial charge in [-0.05, 0) is 0 Å². The molecule has 0 aliphatic carbocycles. The van der Waals surface area contributed by atoms with Gasteiger partial charge in [0.2, 0.25) is 0 Å². The molecule has 6 aliphatic rings. The van der Waals surface area contributed by atoms with Gasteiger partial charge in [0, 0.05) is 74.0 Å². The van der Waals surface area contributed by atoms with Crippen LogP contribution in [0, 0.1) is 0 Å². The van der Waals surface area contributed by atoms with Crippen LogP contribution in [-0.4, -0.2) is 123 Å². The molecule has 8 bridgehead atoms. The first-order valence-electron chi connectivity index (χ1n) is 19.7. The third-order valence-electron chi connectivity index (χ3n) is 9.57. The molecule has 6 saturated heterocycles. The monoisotopic (exact) mass is 1020 g/mol. The van der Waals surface area contributed by atoms with Crippen molar-refractivity contribution in [2.45, 2.75) is 99.7 Å². The summed E-state index contributed by atoms with van der Waals surface area (Å²) in [5.41, 5.74) is 16.6. The molecule has 56 heavy (non-hydrogen) atoms. The summed E-state index contributed by atoms with van der Waals surface area (Å²) in [5, 5.41) is 0. The standard InChI is InChI=1S/C24H56Cl4N8O12Si8/c25-33-13-5-21-53-41-49(17-1-9-29)37-50(18-2-10-30)39-52(20-4-12-32)40-51(38-49,19-3-11-31)43-55(46-53,23-7-15-35-27)48-56(44-52,24-8-16-36-28)47-54(42-50,45-53)22-6-14-34-26/h1-24,29-32H2/q-4/p+4. The van der Waals surface area contributed by atoms with Crippen LogP contribution in [-0.2, 0) is 49.4 Å². The zero-order chi connectivity index (χ0) is 40.3. The van der Waals surface area contributed by atoms with Crippen LogP contribution in [0.2, 0.25) is 48.4 Å². The lowest BCUT2D eigenvalue weighted by molar-refractivity contribution is -0.368. The Morgan fingerprint density at radius 1 is 0.268 bits per heavy atom. The van der Waals surface area contributed by atoms with Gasteiger partial charge in [-0.2, -0.15) is 0 Å². The van der Waals surface area contributed by atoms with Gasteiger partial charge >= 0.3 is 70.4 Å². The fourth-order valence-corrected chi connectivity index (χ4v) is 58.5. The van der Waals surface area contributed by atoms with Crippen molar-refractivity contribution >= 4 is 118 Å². The van der Waals surface area contributed by atoms with Gasteiger partial charge in [0.15, 0.2) is 0 Å². The number of hydrogen-bond acceptors (Lipinski definition) is 12. The summed E-state index contributed by atoms with van der Waals surface area (Å²) in [6.45, 7) is 3.51. The summed E-state index contributed by atoms with van der Waals surface area (Å²) in [6.07, 6.45) is 4.16. The fraction of sp³-hybridized carbons (Fsp3) is 1.00. The highest BCUT2D eigenvalue weighted by Gasteiger charge is 2.82. The van der Waals surface area contributed by atoms with Gasteiger partial charge in [0.25, 0.3) is 0 Å². The lowest BCUT2D eigenvalue weighted by Gasteiger charge is -2.63. The van der Waals surface area contributed by atoms with E-state index in [9.17, 15) is 0 Å². The van der Waals surface area contributed by atoms with E-state index < -0.39 is 70.4 Å². The topological polar surface area (TPSA) is 278 Å². The molecule has 0 aromatic carbocycles. The minimum absolute atomic E-state index is 0.253. The molecule has 0 spiro atoms. The molecule has 20 nitrogen and oxygen atoms in total. The molecular weight excluding hydrogens is 959 g/mol. The minimum atomic E-state index is -4.11. The van der Waals surface area contributed by atoms with Crippen molar-refractivity contribution in [3.8, 4) is 0 Å². The second kappa shape index (κ2) is 22.1. The van der Waals surface area contributed by atoms with Gasteiger partial charge in [-0.15, -0.1) is 26.2 Å². The summed E-state index contributed by atoms with van der Waals surface area (Å²) in [5.74, 6) is 0. The average molecular weight is 1020 g/mol. The largest absolute Gasteiger partial charge is 0.575 e. The number of nitrogens with zero attached hydrogens (tertiary/aromatic N) is 4. The molecule has 0 amide bonds. The maximum absolute atomic E-state index is 7.56. The summed E-state index contributed by atoms with van der Waals surface area (Å²) < 4.78 is 90.6. The quantitative estimate of drug-likeness (QED) is 0.0647. The van der Waals surface area contributed by atoms with Crippen LogP contribution in [0.1, 0.15) is 51.4 Å². The van der Waals surface area contributed by atoms with E-state index in [0.717, 1.165) is 0 Å². The van der Waals surface area contributed by atoms with Crippen molar-refractivity contribution in [2.24, 2.45) is 0 Å². The first-order valence-corrected chi connectivity index (χ1v) is 36.5. The molecule has 0 atom stereocenters. The zero-order valence-corrected chi connectivity index (χ0v) is 43.0.